The van der Waals surface area contributed by atoms with E-state index in [0.717, 1.165) is 11.1 Å². The number of nitrogens with one attached hydrogen (secondary N) is 1. The molecule has 0 aromatic heterocycles. The maximum absolute atomic E-state index is 12.8. The molecule has 1 N–H and O–H groups in total. The third kappa shape index (κ3) is 5.54. The standard InChI is InChI=1S/C24H19Cl2F3N2O2/c1-32-18-10-11-19(20(12-18)33-13-24(27,28)29)23-30-21(14-2-6-16(25)7-3-14)22(31-23)15-4-8-17(26)9-5-15/h2-12,21-22H,13H2,1H3,(H,30,31)/t21-,22+. The molecule has 0 spiro atoms. The number of benzene rings is 3. The van der Waals surface area contributed by atoms with E-state index < -0.39 is 12.8 Å². The van der Waals surface area contributed by atoms with Crippen LogP contribution in [0.5, 0.6) is 11.5 Å². The van der Waals surface area contributed by atoms with Crippen molar-refractivity contribution in [3.8, 4) is 11.5 Å². The summed E-state index contributed by atoms with van der Waals surface area (Å²) in [5.74, 6) is 0.803. The first kappa shape index (κ1) is 23.3. The predicted molar refractivity (Wildman–Crippen MR) is 123 cm³/mol. The summed E-state index contributed by atoms with van der Waals surface area (Å²) < 4.78 is 48.8. The van der Waals surface area contributed by atoms with Crippen LogP contribution in [0.4, 0.5) is 13.2 Å². The highest BCUT2D eigenvalue weighted by Crippen LogP contribution is 2.39. The van der Waals surface area contributed by atoms with E-state index in [1.54, 1.807) is 36.4 Å². The summed E-state index contributed by atoms with van der Waals surface area (Å²) >= 11 is 12.1. The topological polar surface area (TPSA) is 42.8 Å². The molecule has 2 atom stereocenters. The van der Waals surface area contributed by atoms with Gasteiger partial charge >= 0.3 is 6.18 Å². The fourth-order valence-electron chi connectivity index (χ4n) is 3.59. The normalized spacial score (nSPS) is 17.9. The minimum Gasteiger partial charge on any atom is -0.497 e. The van der Waals surface area contributed by atoms with Gasteiger partial charge in [0, 0.05) is 16.1 Å². The lowest BCUT2D eigenvalue weighted by Gasteiger charge is -2.20. The van der Waals surface area contributed by atoms with Gasteiger partial charge in [-0.3, -0.25) is 4.99 Å². The summed E-state index contributed by atoms with van der Waals surface area (Å²) in [5.41, 5.74) is 2.22. The van der Waals surface area contributed by atoms with Crippen LogP contribution in [0.3, 0.4) is 0 Å². The van der Waals surface area contributed by atoms with Crippen LogP contribution >= 0.6 is 23.2 Å². The molecule has 1 aliphatic heterocycles. The first-order valence-electron chi connectivity index (χ1n) is 9.97. The van der Waals surface area contributed by atoms with E-state index >= 15 is 0 Å². The molecule has 0 amide bonds. The maximum atomic E-state index is 12.8. The molecule has 4 rings (SSSR count). The van der Waals surface area contributed by atoms with Gasteiger partial charge < -0.3 is 14.8 Å². The highest BCUT2D eigenvalue weighted by atomic mass is 35.5. The zero-order chi connectivity index (χ0) is 23.6. The third-order valence-corrected chi connectivity index (χ3v) is 5.66. The Bertz CT molecular complexity index is 1150. The zero-order valence-electron chi connectivity index (χ0n) is 17.4. The lowest BCUT2D eigenvalue weighted by Crippen LogP contribution is -2.26. The molecule has 0 fully saturated rings. The summed E-state index contributed by atoms with van der Waals surface area (Å²) in [7, 11) is 1.43. The van der Waals surface area contributed by atoms with Gasteiger partial charge in [-0.15, -0.1) is 0 Å². The third-order valence-electron chi connectivity index (χ3n) is 5.15. The van der Waals surface area contributed by atoms with E-state index in [0.29, 0.717) is 27.2 Å². The molecular formula is C24H19Cl2F3N2O2. The largest absolute Gasteiger partial charge is 0.497 e. The number of halogens is 5. The van der Waals surface area contributed by atoms with Gasteiger partial charge in [0.25, 0.3) is 0 Å². The van der Waals surface area contributed by atoms with Gasteiger partial charge in [-0.05, 0) is 47.5 Å². The Morgan fingerprint density at radius 3 is 2.09 bits per heavy atom. The molecular weight excluding hydrogens is 476 g/mol. The van der Waals surface area contributed by atoms with E-state index in [1.165, 1.54) is 13.2 Å². The van der Waals surface area contributed by atoms with Gasteiger partial charge in [-0.25, -0.2) is 0 Å². The van der Waals surface area contributed by atoms with Gasteiger partial charge in [0.05, 0.1) is 18.7 Å². The Labute approximate surface area is 199 Å². The molecule has 172 valence electrons. The molecule has 3 aromatic rings. The fourth-order valence-corrected chi connectivity index (χ4v) is 3.84. The van der Waals surface area contributed by atoms with Crippen LogP contribution in [0, 0.1) is 0 Å². The van der Waals surface area contributed by atoms with Crippen molar-refractivity contribution in [2.75, 3.05) is 13.7 Å². The molecule has 33 heavy (non-hydrogen) atoms. The smallest absolute Gasteiger partial charge is 0.422 e. The molecule has 9 heteroatoms. The number of amidine groups is 1. The van der Waals surface area contributed by atoms with Crippen molar-refractivity contribution in [2.24, 2.45) is 4.99 Å². The van der Waals surface area contributed by atoms with Crippen molar-refractivity contribution in [3.05, 3.63) is 93.5 Å². The minimum atomic E-state index is -4.48. The summed E-state index contributed by atoms with van der Waals surface area (Å²) in [6, 6.07) is 18.7. The van der Waals surface area contributed by atoms with E-state index in [1.807, 2.05) is 24.3 Å². The van der Waals surface area contributed by atoms with Crippen molar-refractivity contribution < 1.29 is 22.6 Å². The fraction of sp³-hybridized carbons (Fsp3) is 0.208. The van der Waals surface area contributed by atoms with Crippen molar-refractivity contribution >= 4 is 29.0 Å². The zero-order valence-corrected chi connectivity index (χ0v) is 18.9. The Balaban J connectivity index is 1.74. The summed E-state index contributed by atoms with van der Waals surface area (Å²) in [6.45, 7) is -1.43. The Morgan fingerprint density at radius 2 is 1.52 bits per heavy atom. The molecule has 0 unspecified atom stereocenters. The molecule has 4 nitrogen and oxygen atoms in total. The van der Waals surface area contributed by atoms with Crippen LogP contribution in [0.15, 0.2) is 71.7 Å². The number of ether oxygens (including phenoxy) is 2. The summed E-state index contributed by atoms with van der Waals surface area (Å²) in [4.78, 5) is 4.83. The Kier molecular flexibility index (Phi) is 6.72. The number of alkyl halides is 3. The number of rotatable bonds is 6. The van der Waals surface area contributed by atoms with Crippen molar-refractivity contribution in [1.29, 1.82) is 0 Å². The number of aliphatic imine (C=N–C) groups is 1. The van der Waals surface area contributed by atoms with Crippen molar-refractivity contribution in [3.63, 3.8) is 0 Å². The molecule has 1 aliphatic rings. The van der Waals surface area contributed by atoms with E-state index in [2.05, 4.69) is 5.32 Å². The summed E-state index contributed by atoms with van der Waals surface area (Å²) in [5, 5.41) is 4.54. The molecule has 0 saturated heterocycles. The number of nitrogens with zero attached hydrogens (tertiary/aromatic N) is 1. The average molecular weight is 495 g/mol. The monoisotopic (exact) mass is 494 g/mol. The van der Waals surface area contributed by atoms with Crippen LogP contribution in [0.25, 0.3) is 0 Å². The molecule has 0 radical (unpaired) electrons. The van der Waals surface area contributed by atoms with Gasteiger partial charge in [-0.2, -0.15) is 13.2 Å². The lowest BCUT2D eigenvalue weighted by molar-refractivity contribution is -0.153. The molecule has 0 saturated carbocycles. The molecule has 0 aliphatic carbocycles. The predicted octanol–water partition coefficient (Wildman–Crippen LogP) is 6.78. The SMILES string of the molecule is COc1ccc(C2=N[C@H](c3ccc(Cl)cc3)[C@H](c3ccc(Cl)cc3)N2)c(OCC(F)(F)F)c1. The Hall–Kier alpha value is -2.90. The van der Waals surface area contributed by atoms with Gasteiger partial charge in [0.1, 0.15) is 23.4 Å². The van der Waals surface area contributed by atoms with Crippen LogP contribution in [0.1, 0.15) is 28.8 Å². The van der Waals surface area contributed by atoms with Crippen molar-refractivity contribution in [2.45, 2.75) is 18.3 Å². The van der Waals surface area contributed by atoms with E-state index in [4.69, 9.17) is 37.7 Å². The van der Waals surface area contributed by atoms with Crippen molar-refractivity contribution in [1.82, 2.24) is 5.32 Å². The first-order chi connectivity index (χ1) is 15.7. The van der Waals surface area contributed by atoms with Gasteiger partial charge in [0.2, 0.25) is 0 Å². The quantitative estimate of drug-likeness (QED) is 0.410. The highest BCUT2D eigenvalue weighted by molar-refractivity contribution is 6.30. The second-order valence-corrected chi connectivity index (χ2v) is 8.29. The highest BCUT2D eigenvalue weighted by Gasteiger charge is 2.34. The first-order valence-corrected chi connectivity index (χ1v) is 10.7. The van der Waals surface area contributed by atoms with Crippen LogP contribution < -0.4 is 14.8 Å². The van der Waals surface area contributed by atoms with Crippen LogP contribution in [0.2, 0.25) is 10.0 Å². The van der Waals surface area contributed by atoms with E-state index in [9.17, 15) is 13.2 Å². The molecule has 1 heterocycles. The second-order valence-electron chi connectivity index (χ2n) is 7.41. The average Bonchev–Trinajstić information content (AvgIpc) is 3.23. The number of hydrogen-bond donors (Lipinski definition) is 1. The molecule has 3 aromatic carbocycles. The second kappa shape index (κ2) is 9.53. The van der Waals surface area contributed by atoms with Crippen LogP contribution in [-0.2, 0) is 0 Å². The maximum Gasteiger partial charge on any atom is 0.422 e. The lowest BCUT2D eigenvalue weighted by atomic mass is 9.95. The molecule has 0 bridgehead atoms. The minimum absolute atomic E-state index is 0.0181. The number of hydrogen-bond acceptors (Lipinski definition) is 4. The van der Waals surface area contributed by atoms with E-state index in [-0.39, 0.29) is 17.8 Å². The summed E-state index contributed by atoms with van der Waals surface area (Å²) in [6.07, 6.45) is -4.48. The van der Waals surface area contributed by atoms with Gasteiger partial charge in [0.15, 0.2) is 6.61 Å². The number of methoxy groups -OCH3 is 1. The Morgan fingerprint density at radius 1 is 0.909 bits per heavy atom. The van der Waals surface area contributed by atoms with Crippen LogP contribution in [-0.4, -0.2) is 25.7 Å². The van der Waals surface area contributed by atoms with Gasteiger partial charge in [-0.1, -0.05) is 47.5 Å².